The lowest BCUT2D eigenvalue weighted by molar-refractivity contribution is -0.121. The van der Waals surface area contributed by atoms with Gasteiger partial charge < -0.3 is 14.8 Å². The van der Waals surface area contributed by atoms with Gasteiger partial charge in [0.15, 0.2) is 11.5 Å². The molecule has 0 aliphatic carbocycles. The number of ether oxygens (including phenoxy) is 2. The van der Waals surface area contributed by atoms with E-state index in [9.17, 15) is 13.2 Å². The van der Waals surface area contributed by atoms with Crippen molar-refractivity contribution in [3.05, 3.63) is 53.1 Å². The van der Waals surface area contributed by atoms with Gasteiger partial charge in [-0.3, -0.25) is 4.79 Å². The molecule has 2 N–H and O–H groups in total. The van der Waals surface area contributed by atoms with Gasteiger partial charge in [-0.25, -0.2) is 13.1 Å². The third kappa shape index (κ3) is 4.66. The van der Waals surface area contributed by atoms with Crippen molar-refractivity contribution in [1.82, 2.24) is 10.0 Å². The van der Waals surface area contributed by atoms with Crippen molar-refractivity contribution in [2.45, 2.75) is 17.9 Å². The summed E-state index contributed by atoms with van der Waals surface area (Å²) in [5.74, 6) is 1.06. The highest BCUT2D eigenvalue weighted by Crippen LogP contribution is 2.32. The number of sulfonamides is 1. The van der Waals surface area contributed by atoms with Gasteiger partial charge in [-0.2, -0.15) is 0 Å². The number of hydrogen-bond acceptors (Lipinski definition) is 5. The number of carbonyl (C=O) groups excluding carboxylic acids is 1. The Balaban J connectivity index is 1.44. The van der Waals surface area contributed by atoms with Crippen molar-refractivity contribution in [3.63, 3.8) is 0 Å². The Labute approximate surface area is 156 Å². The maximum atomic E-state index is 12.1. The zero-order chi connectivity index (χ0) is 18.6. The molecule has 1 heterocycles. The fourth-order valence-corrected chi connectivity index (χ4v) is 3.49. The smallest absolute Gasteiger partial charge is 0.240 e. The Morgan fingerprint density at radius 2 is 1.81 bits per heavy atom. The van der Waals surface area contributed by atoms with Crippen LogP contribution in [0.1, 0.15) is 12.0 Å². The van der Waals surface area contributed by atoms with E-state index in [4.69, 9.17) is 21.1 Å². The summed E-state index contributed by atoms with van der Waals surface area (Å²) in [5, 5.41) is 3.19. The Morgan fingerprint density at radius 1 is 1.08 bits per heavy atom. The first-order chi connectivity index (χ1) is 12.4. The molecule has 0 unspecified atom stereocenters. The van der Waals surface area contributed by atoms with Crippen LogP contribution in [-0.2, 0) is 21.4 Å². The lowest BCUT2D eigenvalue weighted by atomic mass is 10.2. The molecule has 0 fully saturated rings. The first-order valence-corrected chi connectivity index (χ1v) is 9.71. The summed E-state index contributed by atoms with van der Waals surface area (Å²) in [7, 11) is -3.67. The van der Waals surface area contributed by atoms with Crippen LogP contribution in [0.2, 0.25) is 5.02 Å². The monoisotopic (exact) mass is 396 g/mol. The quantitative estimate of drug-likeness (QED) is 0.747. The van der Waals surface area contributed by atoms with Crippen LogP contribution in [0, 0.1) is 0 Å². The predicted octanol–water partition coefficient (Wildman–Crippen LogP) is 2.05. The van der Waals surface area contributed by atoms with Crippen molar-refractivity contribution >= 4 is 27.5 Å². The van der Waals surface area contributed by atoms with E-state index in [0.717, 1.165) is 5.56 Å². The maximum absolute atomic E-state index is 12.1. The van der Waals surface area contributed by atoms with Gasteiger partial charge in [0, 0.05) is 24.5 Å². The summed E-state index contributed by atoms with van der Waals surface area (Å²) in [6.45, 7) is 0.510. The second-order valence-corrected chi connectivity index (χ2v) is 7.77. The van der Waals surface area contributed by atoms with Crippen LogP contribution in [0.5, 0.6) is 11.5 Å². The molecule has 7 nitrogen and oxygen atoms in total. The first-order valence-electron chi connectivity index (χ1n) is 7.84. The highest BCUT2D eigenvalue weighted by Gasteiger charge is 2.15. The number of amides is 1. The van der Waals surface area contributed by atoms with E-state index < -0.39 is 10.0 Å². The summed E-state index contributed by atoms with van der Waals surface area (Å²) in [6.07, 6.45) is 0.0252. The third-order valence-corrected chi connectivity index (χ3v) is 5.42. The topological polar surface area (TPSA) is 93.7 Å². The molecule has 1 amide bonds. The first kappa shape index (κ1) is 18.5. The maximum Gasteiger partial charge on any atom is 0.240 e. The van der Waals surface area contributed by atoms with Crippen LogP contribution in [0.3, 0.4) is 0 Å². The second-order valence-electron chi connectivity index (χ2n) is 5.57. The minimum atomic E-state index is -3.67. The number of rotatable bonds is 7. The van der Waals surface area contributed by atoms with Gasteiger partial charge in [0.25, 0.3) is 0 Å². The summed E-state index contributed by atoms with van der Waals surface area (Å²) in [5.41, 5.74) is 0.865. The number of fused-ring (bicyclic) bond motifs is 1. The molecule has 2 aromatic carbocycles. The SMILES string of the molecule is O=C(CCNS(=O)(=O)c1ccc(Cl)cc1)NCc1ccc2c(c1)OCO2. The zero-order valence-electron chi connectivity index (χ0n) is 13.7. The van der Waals surface area contributed by atoms with Crippen LogP contribution in [0.15, 0.2) is 47.4 Å². The molecule has 0 radical (unpaired) electrons. The molecule has 3 rings (SSSR count). The molecule has 0 bridgehead atoms. The number of carbonyl (C=O) groups is 1. The van der Waals surface area contributed by atoms with Crippen LogP contribution in [0.4, 0.5) is 0 Å². The van der Waals surface area contributed by atoms with Crippen molar-refractivity contribution < 1.29 is 22.7 Å². The van der Waals surface area contributed by atoms with Gasteiger partial charge in [-0.05, 0) is 42.0 Å². The fourth-order valence-electron chi connectivity index (χ4n) is 2.34. The molecule has 9 heteroatoms. The molecule has 26 heavy (non-hydrogen) atoms. The van der Waals surface area contributed by atoms with E-state index in [2.05, 4.69) is 10.0 Å². The Kier molecular flexibility index (Phi) is 5.65. The van der Waals surface area contributed by atoms with Crippen molar-refractivity contribution in [2.24, 2.45) is 0 Å². The van der Waals surface area contributed by atoms with E-state index in [1.807, 2.05) is 6.07 Å². The standard InChI is InChI=1S/C17H17ClN2O5S/c18-13-2-4-14(5-3-13)26(22,23)20-8-7-17(21)19-10-12-1-6-15-16(9-12)25-11-24-15/h1-6,9,20H,7-8,10-11H2,(H,19,21). The molecule has 2 aromatic rings. The zero-order valence-corrected chi connectivity index (χ0v) is 15.3. The van der Waals surface area contributed by atoms with E-state index in [1.54, 1.807) is 12.1 Å². The van der Waals surface area contributed by atoms with Gasteiger partial charge in [-0.1, -0.05) is 17.7 Å². The molecule has 0 saturated heterocycles. The number of halogens is 1. The summed E-state index contributed by atoms with van der Waals surface area (Å²) in [6, 6.07) is 11.2. The Morgan fingerprint density at radius 3 is 2.58 bits per heavy atom. The average molecular weight is 397 g/mol. The third-order valence-electron chi connectivity index (χ3n) is 3.69. The van der Waals surface area contributed by atoms with Crippen molar-refractivity contribution in [3.8, 4) is 11.5 Å². The molecule has 0 atom stereocenters. The Bertz CT molecular complexity index is 900. The molecule has 138 valence electrons. The number of hydrogen-bond donors (Lipinski definition) is 2. The highest BCUT2D eigenvalue weighted by molar-refractivity contribution is 7.89. The van der Waals surface area contributed by atoms with Gasteiger partial charge in [0.05, 0.1) is 4.90 Å². The van der Waals surface area contributed by atoms with E-state index in [0.29, 0.717) is 23.1 Å². The molecule has 1 aliphatic heterocycles. The van der Waals surface area contributed by atoms with E-state index in [1.165, 1.54) is 24.3 Å². The predicted molar refractivity (Wildman–Crippen MR) is 95.7 cm³/mol. The second kappa shape index (κ2) is 7.94. The normalized spacial score (nSPS) is 12.8. The number of benzene rings is 2. The summed E-state index contributed by atoms with van der Waals surface area (Å²) < 4.78 is 37.1. The summed E-state index contributed by atoms with van der Waals surface area (Å²) in [4.78, 5) is 12.0. The van der Waals surface area contributed by atoms with Gasteiger partial charge in [-0.15, -0.1) is 0 Å². The van der Waals surface area contributed by atoms with E-state index >= 15 is 0 Å². The summed E-state index contributed by atoms with van der Waals surface area (Å²) >= 11 is 5.74. The lowest BCUT2D eigenvalue weighted by Gasteiger charge is -2.08. The lowest BCUT2D eigenvalue weighted by Crippen LogP contribution is -2.30. The fraction of sp³-hybridized carbons (Fsp3) is 0.235. The average Bonchev–Trinajstić information content (AvgIpc) is 3.08. The Hall–Kier alpha value is -2.29. The minimum absolute atomic E-state index is 0.00205. The highest BCUT2D eigenvalue weighted by atomic mass is 35.5. The van der Waals surface area contributed by atoms with Crippen molar-refractivity contribution in [2.75, 3.05) is 13.3 Å². The van der Waals surface area contributed by atoms with Gasteiger partial charge in [0.2, 0.25) is 22.7 Å². The molecule has 0 aromatic heterocycles. The molecular formula is C17H17ClN2O5S. The van der Waals surface area contributed by atoms with E-state index in [-0.39, 0.29) is 30.6 Å². The molecular weight excluding hydrogens is 380 g/mol. The van der Waals surface area contributed by atoms with Gasteiger partial charge >= 0.3 is 0 Å². The van der Waals surface area contributed by atoms with Crippen LogP contribution < -0.4 is 19.5 Å². The molecule has 1 aliphatic rings. The van der Waals surface area contributed by atoms with Gasteiger partial charge in [0.1, 0.15) is 0 Å². The molecule has 0 spiro atoms. The number of nitrogens with one attached hydrogen (secondary N) is 2. The largest absolute Gasteiger partial charge is 0.454 e. The minimum Gasteiger partial charge on any atom is -0.454 e. The van der Waals surface area contributed by atoms with Crippen LogP contribution in [-0.4, -0.2) is 27.7 Å². The van der Waals surface area contributed by atoms with Crippen LogP contribution in [0.25, 0.3) is 0 Å². The van der Waals surface area contributed by atoms with Crippen LogP contribution >= 0.6 is 11.6 Å². The molecule has 0 saturated carbocycles. The van der Waals surface area contributed by atoms with Crippen molar-refractivity contribution in [1.29, 1.82) is 0 Å².